The maximum atomic E-state index is 6.07. The molecule has 0 N–H and O–H groups in total. The molecule has 3 aromatic carbocycles. The fourth-order valence-electron chi connectivity index (χ4n) is 3.35. The first-order chi connectivity index (χ1) is 13.8. The number of benzodiazepines with no additional fused rings is 1. The van der Waals surface area contributed by atoms with E-state index in [1.165, 1.54) is 11.3 Å². The molecule has 1 aliphatic heterocycles. The third-order valence-electron chi connectivity index (χ3n) is 4.89. The van der Waals surface area contributed by atoms with Crippen molar-refractivity contribution in [1.29, 1.82) is 0 Å². The minimum Gasteiger partial charge on any atom is -0.488 e. The third-order valence-corrected chi connectivity index (χ3v) is 4.89. The molecular formula is C25H25ClN2O. The highest BCUT2D eigenvalue weighted by molar-refractivity contribution is 6.14. The van der Waals surface area contributed by atoms with E-state index in [2.05, 4.69) is 66.6 Å². The van der Waals surface area contributed by atoms with Crippen molar-refractivity contribution in [3.63, 3.8) is 0 Å². The lowest BCUT2D eigenvalue weighted by Gasteiger charge is -2.18. The van der Waals surface area contributed by atoms with Crippen LogP contribution in [0, 0.1) is 0 Å². The summed E-state index contributed by atoms with van der Waals surface area (Å²) in [6, 6.07) is 26.8. The van der Waals surface area contributed by atoms with Gasteiger partial charge < -0.3 is 9.64 Å². The van der Waals surface area contributed by atoms with Crippen LogP contribution in [0.5, 0.6) is 5.75 Å². The summed E-state index contributed by atoms with van der Waals surface area (Å²) >= 11 is 0. The van der Waals surface area contributed by atoms with Crippen molar-refractivity contribution in [2.24, 2.45) is 4.99 Å². The number of nitrogens with zero attached hydrogens (tertiary/aromatic N) is 2. The Bertz CT molecular complexity index is 998. The van der Waals surface area contributed by atoms with E-state index < -0.39 is 0 Å². The second-order valence-electron chi connectivity index (χ2n) is 6.85. The van der Waals surface area contributed by atoms with Gasteiger partial charge in [-0.15, -0.1) is 12.4 Å². The maximum absolute atomic E-state index is 6.07. The zero-order valence-corrected chi connectivity index (χ0v) is 17.3. The van der Waals surface area contributed by atoms with E-state index in [1.54, 1.807) is 0 Å². The Morgan fingerprint density at radius 3 is 2.48 bits per heavy atom. The lowest BCUT2D eigenvalue weighted by molar-refractivity contribution is 0.305. The Morgan fingerprint density at radius 1 is 0.897 bits per heavy atom. The molecule has 0 fully saturated rings. The number of para-hydroxylation sites is 2. The van der Waals surface area contributed by atoms with Crippen LogP contribution >= 0.6 is 12.4 Å². The van der Waals surface area contributed by atoms with Gasteiger partial charge in [0.25, 0.3) is 0 Å². The molecule has 0 unspecified atom stereocenters. The smallest absolute Gasteiger partial charge is 0.127 e. The monoisotopic (exact) mass is 404 g/mol. The number of hydrogen-bond donors (Lipinski definition) is 0. The van der Waals surface area contributed by atoms with Crippen LogP contribution in [0.3, 0.4) is 0 Å². The summed E-state index contributed by atoms with van der Waals surface area (Å²) in [5, 5.41) is 0. The molecule has 0 spiro atoms. The average Bonchev–Trinajstić information content (AvgIpc) is 2.91. The number of aliphatic imine (C=N–C) groups is 1. The summed E-state index contributed by atoms with van der Waals surface area (Å²) in [6.45, 7) is 2.27. The number of ether oxygens (including phenoxy) is 1. The normalized spacial score (nSPS) is 13.3. The summed E-state index contributed by atoms with van der Waals surface area (Å²) < 4.78 is 6.07. The van der Waals surface area contributed by atoms with Gasteiger partial charge >= 0.3 is 0 Å². The van der Waals surface area contributed by atoms with Crippen LogP contribution in [-0.2, 0) is 6.61 Å². The molecule has 4 rings (SSSR count). The lowest BCUT2D eigenvalue weighted by atomic mass is 10.1. The number of likely N-dealkylation sites (N-methyl/N-ethyl adjacent to an activating group) is 1. The molecule has 0 saturated heterocycles. The van der Waals surface area contributed by atoms with Crippen LogP contribution in [0.1, 0.15) is 16.7 Å². The zero-order chi connectivity index (χ0) is 19.2. The molecule has 0 atom stereocenters. The van der Waals surface area contributed by atoms with Gasteiger partial charge in [0.05, 0.1) is 12.3 Å². The number of halogens is 1. The number of fused-ring (bicyclic) bond motifs is 1. The van der Waals surface area contributed by atoms with Crippen LogP contribution in [0.2, 0.25) is 0 Å². The Morgan fingerprint density at radius 2 is 1.62 bits per heavy atom. The first-order valence-corrected chi connectivity index (χ1v) is 9.60. The minimum atomic E-state index is 0. The van der Waals surface area contributed by atoms with Crippen molar-refractivity contribution >= 4 is 29.9 Å². The molecule has 29 heavy (non-hydrogen) atoms. The topological polar surface area (TPSA) is 24.8 Å². The van der Waals surface area contributed by atoms with Crippen LogP contribution < -0.4 is 9.64 Å². The highest BCUT2D eigenvalue weighted by Crippen LogP contribution is 2.25. The van der Waals surface area contributed by atoms with Gasteiger partial charge in [-0.25, -0.2) is 0 Å². The van der Waals surface area contributed by atoms with Gasteiger partial charge in [-0.2, -0.15) is 0 Å². The summed E-state index contributed by atoms with van der Waals surface area (Å²) in [5.41, 5.74) is 5.61. The van der Waals surface area contributed by atoms with Crippen LogP contribution in [0.4, 0.5) is 5.69 Å². The molecule has 0 saturated carbocycles. The first-order valence-electron chi connectivity index (χ1n) is 9.60. The molecule has 3 nitrogen and oxygen atoms in total. The molecule has 148 valence electrons. The summed E-state index contributed by atoms with van der Waals surface area (Å²) in [6.07, 6.45) is 4.20. The Kier molecular flexibility index (Phi) is 7.09. The van der Waals surface area contributed by atoms with Crippen molar-refractivity contribution in [2.45, 2.75) is 6.61 Å². The van der Waals surface area contributed by atoms with E-state index in [0.717, 1.165) is 35.7 Å². The molecule has 4 heteroatoms. The Labute approximate surface area is 178 Å². The largest absolute Gasteiger partial charge is 0.488 e. The van der Waals surface area contributed by atoms with Crippen LogP contribution in [-0.4, -0.2) is 25.8 Å². The van der Waals surface area contributed by atoms with E-state index in [4.69, 9.17) is 9.73 Å². The van der Waals surface area contributed by atoms with Crippen molar-refractivity contribution in [3.8, 4) is 5.75 Å². The van der Waals surface area contributed by atoms with Gasteiger partial charge in [-0.1, -0.05) is 66.7 Å². The molecule has 0 aliphatic carbocycles. The zero-order valence-electron chi connectivity index (χ0n) is 16.5. The van der Waals surface area contributed by atoms with Gasteiger partial charge in [0, 0.05) is 30.4 Å². The molecular weight excluding hydrogens is 380 g/mol. The van der Waals surface area contributed by atoms with Crippen LogP contribution in [0.15, 0.2) is 89.9 Å². The Balaban J connectivity index is 0.00000240. The number of hydrogen-bond acceptors (Lipinski definition) is 3. The second kappa shape index (κ2) is 9.94. The molecule has 0 bridgehead atoms. The summed E-state index contributed by atoms with van der Waals surface area (Å²) in [7, 11) is 2.12. The van der Waals surface area contributed by atoms with Gasteiger partial charge in [-0.3, -0.25) is 4.99 Å². The molecule has 1 aliphatic rings. The van der Waals surface area contributed by atoms with E-state index in [0.29, 0.717) is 6.61 Å². The average molecular weight is 405 g/mol. The van der Waals surface area contributed by atoms with Gasteiger partial charge in [0.2, 0.25) is 0 Å². The Hall–Kier alpha value is -3.04. The predicted octanol–water partition coefficient (Wildman–Crippen LogP) is 5.64. The van der Waals surface area contributed by atoms with E-state index >= 15 is 0 Å². The maximum Gasteiger partial charge on any atom is 0.127 e. The van der Waals surface area contributed by atoms with Crippen molar-refractivity contribution < 1.29 is 4.74 Å². The number of benzene rings is 3. The fraction of sp³-hybridized carbons (Fsp3) is 0.160. The molecule has 1 heterocycles. The number of allylic oxidation sites excluding steroid dienone is 1. The fourth-order valence-corrected chi connectivity index (χ4v) is 3.35. The summed E-state index contributed by atoms with van der Waals surface area (Å²) in [5.74, 6) is 0.877. The van der Waals surface area contributed by atoms with Gasteiger partial charge in [0.1, 0.15) is 12.4 Å². The lowest BCUT2D eigenvalue weighted by Crippen LogP contribution is -2.20. The molecule has 3 aromatic rings. The van der Waals surface area contributed by atoms with E-state index in [9.17, 15) is 0 Å². The molecule has 0 aromatic heterocycles. The highest BCUT2D eigenvalue weighted by Gasteiger charge is 2.13. The highest BCUT2D eigenvalue weighted by atomic mass is 35.5. The SMILES string of the molecule is CN1CCN=C(/C=C/c2ccccc2OCc2ccccc2)c2ccccc21.Cl. The van der Waals surface area contributed by atoms with Crippen molar-refractivity contribution in [2.75, 3.05) is 25.0 Å². The van der Waals surface area contributed by atoms with E-state index in [-0.39, 0.29) is 12.4 Å². The van der Waals surface area contributed by atoms with Crippen LogP contribution in [0.25, 0.3) is 6.08 Å². The van der Waals surface area contributed by atoms with Gasteiger partial charge in [-0.05, 0) is 29.8 Å². The summed E-state index contributed by atoms with van der Waals surface area (Å²) in [4.78, 5) is 7.06. The standard InChI is InChI=1S/C25H24N2O.ClH/c1-27-18-17-26-23(22-12-6-7-13-24(22)27)16-15-21-11-5-8-14-25(21)28-19-20-9-3-2-4-10-20;/h2-16H,17-19H2,1H3;1H/b16-15+;. The number of anilines is 1. The quantitative estimate of drug-likeness (QED) is 0.549. The van der Waals surface area contributed by atoms with Gasteiger partial charge in [0.15, 0.2) is 0 Å². The van der Waals surface area contributed by atoms with Crippen molar-refractivity contribution in [3.05, 3.63) is 102 Å². The minimum absolute atomic E-state index is 0. The first kappa shape index (κ1) is 20.7. The number of rotatable bonds is 5. The molecule has 0 radical (unpaired) electrons. The molecule has 0 amide bonds. The van der Waals surface area contributed by atoms with Crippen molar-refractivity contribution in [1.82, 2.24) is 0 Å². The predicted molar refractivity (Wildman–Crippen MR) is 125 cm³/mol. The van der Waals surface area contributed by atoms with E-state index in [1.807, 2.05) is 36.4 Å². The second-order valence-corrected chi connectivity index (χ2v) is 6.85. The third kappa shape index (κ3) is 5.07.